The molecule has 1 aromatic rings. The predicted molar refractivity (Wildman–Crippen MR) is 109 cm³/mol. The highest BCUT2D eigenvalue weighted by molar-refractivity contribution is 5.90. The molecule has 25 heavy (non-hydrogen) atoms. The number of hydrogen-bond donors (Lipinski definition) is 1. The van der Waals surface area contributed by atoms with E-state index in [-0.39, 0.29) is 30.7 Å². The number of aryl methyl sites for hydroxylation is 1. The number of nitrogens with one attached hydrogen (secondary N) is 1. The lowest BCUT2D eigenvalue weighted by atomic mass is 9.99. The first kappa shape index (κ1) is 22.2. The van der Waals surface area contributed by atoms with Gasteiger partial charge in [0, 0.05) is 37.8 Å². The number of halogens is 2. The Bertz CT molecular complexity index is 524. The number of piperidine rings is 1. The third-order valence-corrected chi connectivity index (χ3v) is 5.13. The maximum absolute atomic E-state index is 12.0. The van der Waals surface area contributed by atoms with Crippen molar-refractivity contribution in [1.29, 1.82) is 0 Å². The molecule has 6 heteroatoms. The number of benzene rings is 1. The highest BCUT2D eigenvalue weighted by atomic mass is 35.5. The Morgan fingerprint density at radius 1 is 1.12 bits per heavy atom. The van der Waals surface area contributed by atoms with Crippen LogP contribution in [-0.4, -0.2) is 54.5 Å². The first-order chi connectivity index (χ1) is 11.2. The number of hydrogen-bond acceptors (Lipinski definition) is 3. The van der Waals surface area contributed by atoms with Crippen LogP contribution in [-0.2, 0) is 4.79 Å². The van der Waals surface area contributed by atoms with E-state index in [1.54, 1.807) is 0 Å². The lowest BCUT2D eigenvalue weighted by Gasteiger charge is -2.44. The van der Waals surface area contributed by atoms with E-state index in [2.05, 4.69) is 22.0 Å². The fourth-order valence-electron chi connectivity index (χ4n) is 3.75. The van der Waals surface area contributed by atoms with Crippen LogP contribution in [0.25, 0.3) is 0 Å². The Balaban J connectivity index is 0.00000156. The smallest absolute Gasteiger partial charge is 0.224 e. The van der Waals surface area contributed by atoms with Crippen LogP contribution >= 0.6 is 24.8 Å². The van der Waals surface area contributed by atoms with Crippen LogP contribution in [0.3, 0.4) is 0 Å². The van der Waals surface area contributed by atoms with Crippen molar-refractivity contribution in [2.24, 2.45) is 0 Å². The summed E-state index contributed by atoms with van der Waals surface area (Å²) in [4.78, 5) is 17.2. The highest BCUT2D eigenvalue weighted by Crippen LogP contribution is 2.21. The molecule has 0 aliphatic carbocycles. The van der Waals surface area contributed by atoms with Crippen molar-refractivity contribution in [1.82, 2.24) is 9.80 Å². The van der Waals surface area contributed by atoms with Gasteiger partial charge in [0.1, 0.15) is 0 Å². The standard InChI is InChI=1S/C19H29N3O.2ClH/c1-16-7-9-17(10-8-16)20-19(23)6-4-11-21-13-14-22-12-3-2-5-18(22)15-21;;/h7-10,18H,2-6,11-15H2,1H3,(H,20,23);2*1H. The van der Waals surface area contributed by atoms with Crippen LogP contribution in [0.4, 0.5) is 5.69 Å². The predicted octanol–water partition coefficient (Wildman–Crippen LogP) is 3.73. The number of nitrogens with zero attached hydrogens (tertiary/aromatic N) is 2. The van der Waals surface area contributed by atoms with Gasteiger partial charge in [-0.2, -0.15) is 0 Å². The number of piperazine rings is 1. The van der Waals surface area contributed by atoms with Crippen molar-refractivity contribution < 1.29 is 4.79 Å². The zero-order chi connectivity index (χ0) is 16.1. The Morgan fingerprint density at radius 2 is 1.88 bits per heavy atom. The molecule has 1 unspecified atom stereocenters. The summed E-state index contributed by atoms with van der Waals surface area (Å²) < 4.78 is 0. The second kappa shape index (κ2) is 11.0. The fraction of sp³-hybridized carbons (Fsp3) is 0.632. The molecule has 0 spiro atoms. The molecule has 4 nitrogen and oxygen atoms in total. The van der Waals surface area contributed by atoms with Crippen molar-refractivity contribution in [3.8, 4) is 0 Å². The van der Waals surface area contributed by atoms with Gasteiger partial charge in [0.05, 0.1) is 0 Å². The summed E-state index contributed by atoms with van der Waals surface area (Å²) in [6.07, 6.45) is 5.66. The zero-order valence-electron chi connectivity index (χ0n) is 15.1. The molecule has 0 aromatic heterocycles. The molecule has 2 aliphatic heterocycles. The van der Waals surface area contributed by atoms with Gasteiger partial charge in [0.25, 0.3) is 0 Å². The molecule has 0 radical (unpaired) electrons. The highest BCUT2D eigenvalue weighted by Gasteiger charge is 2.28. The van der Waals surface area contributed by atoms with E-state index in [0.29, 0.717) is 6.42 Å². The van der Waals surface area contributed by atoms with Crippen molar-refractivity contribution in [2.75, 3.05) is 38.0 Å². The van der Waals surface area contributed by atoms with Crippen LogP contribution in [0.15, 0.2) is 24.3 Å². The average Bonchev–Trinajstić information content (AvgIpc) is 2.57. The second-order valence-corrected chi connectivity index (χ2v) is 7.00. The first-order valence-corrected chi connectivity index (χ1v) is 9.03. The average molecular weight is 388 g/mol. The molecule has 0 bridgehead atoms. The van der Waals surface area contributed by atoms with Crippen molar-refractivity contribution in [2.45, 2.75) is 45.1 Å². The van der Waals surface area contributed by atoms with Gasteiger partial charge in [0.15, 0.2) is 0 Å². The Morgan fingerprint density at radius 3 is 2.64 bits per heavy atom. The molecule has 3 rings (SSSR count). The van der Waals surface area contributed by atoms with E-state index in [9.17, 15) is 4.79 Å². The quantitative estimate of drug-likeness (QED) is 0.835. The van der Waals surface area contributed by atoms with Crippen LogP contribution in [0, 0.1) is 6.92 Å². The van der Waals surface area contributed by atoms with Gasteiger partial charge in [-0.15, -0.1) is 24.8 Å². The van der Waals surface area contributed by atoms with E-state index >= 15 is 0 Å². The first-order valence-electron chi connectivity index (χ1n) is 9.03. The molecular weight excluding hydrogens is 357 g/mol. The Hall–Kier alpha value is -0.810. The normalized spacial score (nSPS) is 20.8. The number of rotatable bonds is 5. The third-order valence-electron chi connectivity index (χ3n) is 5.13. The van der Waals surface area contributed by atoms with Crippen LogP contribution in [0.5, 0.6) is 0 Å². The molecule has 1 amide bonds. The van der Waals surface area contributed by atoms with Crippen LogP contribution in [0.1, 0.15) is 37.7 Å². The summed E-state index contributed by atoms with van der Waals surface area (Å²) in [5.41, 5.74) is 2.11. The molecule has 2 fully saturated rings. The minimum absolute atomic E-state index is 0. The van der Waals surface area contributed by atoms with E-state index < -0.39 is 0 Å². The number of carbonyl (C=O) groups excluding carboxylic acids is 1. The van der Waals surface area contributed by atoms with Crippen LogP contribution < -0.4 is 5.32 Å². The fourth-order valence-corrected chi connectivity index (χ4v) is 3.75. The minimum Gasteiger partial charge on any atom is -0.326 e. The molecular formula is C19H31Cl2N3O. The van der Waals surface area contributed by atoms with Gasteiger partial charge in [-0.25, -0.2) is 0 Å². The molecule has 1 atom stereocenters. The molecule has 1 aromatic carbocycles. The van der Waals surface area contributed by atoms with Gasteiger partial charge >= 0.3 is 0 Å². The summed E-state index contributed by atoms with van der Waals surface area (Å²) in [5.74, 6) is 0.130. The van der Waals surface area contributed by atoms with Gasteiger partial charge in [-0.3, -0.25) is 9.69 Å². The van der Waals surface area contributed by atoms with Crippen molar-refractivity contribution in [3.05, 3.63) is 29.8 Å². The molecule has 2 aliphatic rings. The summed E-state index contributed by atoms with van der Waals surface area (Å²) in [5, 5.41) is 2.99. The van der Waals surface area contributed by atoms with E-state index in [1.807, 2.05) is 24.3 Å². The molecule has 1 N–H and O–H groups in total. The lowest BCUT2D eigenvalue weighted by Crippen LogP contribution is -2.54. The Labute approximate surface area is 164 Å². The van der Waals surface area contributed by atoms with E-state index in [0.717, 1.165) is 31.2 Å². The van der Waals surface area contributed by atoms with E-state index in [4.69, 9.17) is 0 Å². The molecule has 2 heterocycles. The van der Waals surface area contributed by atoms with Crippen molar-refractivity contribution >= 4 is 36.4 Å². The van der Waals surface area contributed by atoms with E-state index in [1.165, 1.54) is 44.5 Å². The van der Waals surface area contributed by atoms with Gasteiger partial charge in [0.2, 0.25) is 5.91 Å². The monoisotopic (exact) mass is 387 g/mol. The lowest BCUT2D eigenvalue weighted by molar-refractivity contribution is -0.116. The minimum atomic E-state index is 0. The van der Waals surface area contributed by atoms with Crippen molar-refractivity contribution in [3.63, 3.8) is 0 Å². The Kier molecular flexibility index (Phi) is 9.80. The van der Waals surface area contributed by atoms with Gasteiger partial charge in [-0.1, -0.05) is 24.1 Å². The molecule has 2 saturated heterocycles. The number of carbonyl (C=O) groups is 1. The van der Waals surface area contributed by atoms with Crippen LogP contribution in [0.2, 0.25) is 0 Å². The zero-order valence-corrected chi connectivity index (χ0v) is 16.7. The largest absolute Gasteiger partial charge is 0.326 e. The van der Waals surface area contributed by atoms with Gasteiger partial charge < -0.3 is 10.2 Å². The molecule has 0 saturated carbocycles. The summed E-state index contributed by atoms with van der Waals surface area (Å²) >= 11 is 0. The summed E-state index contributed by atoms with van der Waals surface area (Å²) in [6, 6.07) is 8.75. The summed E-state index contributed by atoms with van der Waals surface area (Å²) in [7, 11) is 0. The number of anilines is 1. The number of amides is 1. The number of fused-ring (bicyclic) bond motifs is 1. The third kappa shape index (κ3) is 6.78. The maximum Gasteiger partial charge on any atom is 0.224 e. The second-order valence-electron chi connectivity index (χ2n) is 7.00. The maximum atomic E-state index is 12.0. The SMILES string of the molecule is Cc1ccc(NC(=O)CCCN2CCN3CCCCC3C2)cc1.Cl.Cl. The summed E-state index contributed by atoms with van der Waals surface area (Å²) in [6.45, 7) is 7.96. The topological polar surface area (TPSA) is 35.6 Å². The molecule has 142 valence electrons. The van der Waals surface area contributed by atoms with Gasteiger partial charge in [-0.05, 0) is 51.4 Å².